The number of aliphatic hydroxyl groups is 1. The Morgan fingerprint density at radius 1 is 1.23 bits per heavy atom. The van der Waals surface area contributed by atoms with Crippen molar-refractivity contribution in [2.45, 2.75) is 23.6 Å². The highest BCUT2D eigenvalue weighted by Crippen LogP contribution is 2.49. The van der Waals surface area contributed by atoms with Gasteiger partial charge in [-0.15, -0.1) is 23.2 Å². The number of allylic oxidation sites excluding steroid dienone is 3. The Kier molecular flexibility index (Phi) is 2.86. The molecule has 2 unspecified atom stereocenters. The van der Waals surface area contributed by atoms with Crippen molar-refractivity contribution in [2.75, 3.05) is 0 Å². The molecule has 0 saturated carbocycles. The maximum Gasteiger partial charge on any atom is 0.133 e. The fourth-order valence-electron chi connectivity index (χ4n) is 0.989. The molecule has 74 valence electrons. The lowest BCUT2D eigenvalue weighted by Gasteiger charge is -2.37. The van der Waals surface area contributed by atoms with Crippen molar-refractivity contribution in [3.05, 3.63) is 21.9 Å². The van der Waals surface area contributed by atoms with Crippen LogP contribution in [0.15, 0.2) is 21.9 Å². The lowest BCUT2D eigenvalue weighted by atomic mass is 9.89. The Morgan fingerprint density at radius 2 is 1.69 bits per heavy atom. The van der Waals surface area contributed by atoms with Crippen LogP contribution >= 0.6 is 46.4 Å². The molecule has 0 aromatic rings. The van der Waals surface area contributed by atoms with Gasteiger partial charge in [0.25, 0.3) is 0 Å². The Hall–Kier alpha value is 0.440. The topological polar surface area (TPSA) is 20.2 Å². The molecule has 13 heavy (non-hydrogen) atoms. The van der Waals surface area contributed by atoms with Crippen LogP contribution in [0.5, 0.6) is 0 Å². The van der Waals surface area contributed by atoms with Crippen LogP contribution in [0, 0.1) is 0 Å². The first-order valence-corrected chi connectivity index (χ1v) is 5.07. The average Bonchev–Trinajstić information content (AvgIpc) is 1.98. The normalized spacial score (nSPS) is 40.6. The minimum absolute atomic E-state index is 0.0530. The van der Waals surface area contributed by atoms with Gasteiger partial charge in [-0.1, -0.05) is 23.2 Å². The molecule has 0 fully saturated rings. The van der Waals surface area contributed by atoms with Crippen LogP contribution in [0.25, 0.3) is 0 Å². The van der Waals surface area contributed by atoms with Crippen molar-refractivity contribution in [1.29, 1.82) is 0 Å². The van der Waals surface area contributed by atoms with Gasteiger partial charge in [-0.2, -0.15) is 0 Å². The second-order valence-electron chi connectivity index (χ2n) is 3.24. The van der Waals surface area contributed by atoms with E-state index in [1.165, 1.54) is 6.08 Å². The molecule has 0 bridgehead atoms. The molecule has 1 aliphatic rings. The van der Waals surface area contributed by atoms with Gasteiger partial charge in [-0.05, 0) is 19.9 Å². The summed E-state index contributed by atoms with van der Waals surface area (Å²) in [6, 6.07) is 0. The van der Waals surface area contributed by atoms with E-state index in [0.717, 1.165) is 0 Å². The zero-order valence-electron chi connectivity index (χ0n) is 7.04. The molecular weight excluding hydrogens is 254 g/mol. The first-order valence-electron chi connectivity index (χ1n) is 3.56. The van der Waals surface area contributed by atoms with E-state index in [-0.39, 0.29) is 15.8 Å². The van der Waals surface area contributed by atoms with E-state index in [2.05, 4.69) is 0 Å². The van der Waals surface area contributed by atoms with Gasteiger partial charge >= 0.3 is 0 Å². The Balaban J connectivity index is 3.32. The minimum atomic E-state index is -1.00. The molecule has 0 saturated heterocycles. The van der Waals surface area contributed by atoms with E-state index in [4.69, 9.17) is 46.4 Å². The first kappa shape index (κ1) is 11.5. The summed E-state index contributed by atoms with van der Waals surface area (Å²) < 4.78 is 0. The molecule has 1 N–H and O–H groups in total. The SMILES string of the molecule is CC1(Cl)C=C(O)C(Cl)=C(Cl)C1(C)Cl. The third-order valence-electron chi connectivity index (χ3n) is 2.16. The summed E-state index contributed by atoms with van der Waals surface area (Å²) in [5.74, 6) is -0.137. The van der Waals surface area contributed by atoms with Crippen LogP contribution in [0.2, 0.25) is 0 Å². The molecule has 0 radical (unpaired) electrons. The van der Waals surface area contributed by atoms with E-state index in [1.54, 1.807) is 13.8 Å². The summed E-state index contributed by atoms with van der Waals surface area (Å²) in [5, 5.41) is 9.57. The third-order valence-corrected chi connectivity index (χ3v) is 4.46. The largest absolute Gasteiger partial charge is 0.507 e. The fraction of sp³-hybridized carbons (Fsp3) is 0.500. The zero-order valence-corrected chi connectivity index (χ0v) is 10.1. The van der Waals surface area contributed by atoms with Gasteiger partial charge in [0.15, 0.2) is 0 Å². The molecule has 0 aromatic heterocycles. The summed E-state index contributed by atoms with van der Waals surface area (Å²) in [7, 11) is 0. The predicted molar refractivity (Wildman–Crippen MR) is 58.0 cm³/mol. The molecule has 5 heteroatoms. The fourth-order valence-corrected chi connectivity index (χ4v) is 1.97. The summed E-state index contributed by atoms with van der Waals surface area (Å²) in [5.41, 5.74) is 0. The quantitative estimate of drug-likeness (QED) is 0.651. The lowest BCUT2D eigenvalue weighted by Crippen LogP contribution is -2.42. The van der Waals surface area contributed by atoms with Crippen LogP contribution in [0.4, 0.5) is 0 Å². The highest BCUT2D eigenvalue weighted by Gasteiger charge is 2.47. The third kappa shape index (κ3) is 1.68. The standard InChI is InChI=1S/C8H8Cl4O/c1-7(11)3-4(13)5(9)6(10)8(7,2)12/h3,13H,1-2H3. The molecule has 1 aliphatic carbocycles. The Labute approximate surface area is 96.9 Å². The van der Waals surface area contributed by atoms with Crippen molar-refractivity contribution in [1.82, 2.24) is 0 Å². The summed E-state index contributed by atoms with van der Waals surface area (Å²) in [4.78, 5) is -1.95. The zero-order chi connectivity index (χ0) is 10.4. The highest BCUT2D eigenvalue weighted by atomic mass is 35.5. The number of halogens is 4. The lowest BCUT2D eigenvalue weighted by molar-refractivity contribution is 0.411. The Morgan fingerprint density at radius 3 is 2.15 bits per heavy atom. The van der Waals surface area contributed by atoms with Gasteiger partial charge in [-0.25, -0.2) is 0 Å². The first-order chi connectivity index (χ1) is 5.70. The number of rotatable bonds is 0. The molecule has 0 amide bonds. The van der Waals surface area contributed by atoms with Crippen LogP contribution < -0.4 is 0 Å². The van der Waals surface area contributed by atoms with Gasteiger partial charge in [-0.3, -0.25) is 0 Å². The summed E-state index contributed by atoms with van der Waals surface area (Å²) in [6.07, 6.45) is 1.38. The summed E-state index contributed by atoms with van der Waals surface area (Å²) >= 11 is 23.8. The number of aliphatic hydroxyl groups excluding tert-OH is 1. The van der Waals surface area contributed by atoms with Crippen molar-refractivity contribution >= 4 is 46.4 Å². The molecule has 0 aromatic carbocycles. The van der Waals surface area contributed by atoms with E-state index >= 15 is 0 Å². The molecular formula is C8H8Cl4O. The number of hydrogen-bond acceptors (Lipinski definition) is 1. The summed E-state index contributed by atoms with van der Waals surface area (Å²) in [6.45, 7) is 3.30. The van der Waals surface area contributed by atoms with Gasteiger partial charge in [0.2, 0.25) is 0 Å². The average molecular weight is 262 g/mol. The second-order valence-corrected chi connectivity index (χ2v) is 5.53. The van der Waals surface area contributed by atoms with E-state index in [1.807, 2.05) is 0 Å². The minimum Gasteiger partial charge on any atom is -0.507 e. The maximum atomic E-state index is 9.36. The van der Waals surface area contributed by atoms with Gasteiger partial charge < -0.3 is 5.11 Å². The van der Waals surface area contributed by atoms with Crippen LogP contribution in [0.1, 0.15) is 13.8 Å². The monoisotopic (exact) mass is 260 g/mol. The van der Waals surface area contributed by atoms with Gasteiger partial charge in [0, 0.05) is 0 Å². The molecule has 1 nitrogen and oxygen atoms in total. The van der Waals surface area contributed by atoms with Crippen molar-refractivity contribution in [2.24, 2.45) is 0 Å². The number of alkyl halides is 2. The van der Waals surface area contributed by atoms with Crippen LogP contribution in [0.3, 0.4) is 0 Å². The molecule has 0 heterocycles. The second kappa shape index (κ2) is 3.23. The molecule has 2 atom stereocenters. The number of hydrogen-bond donors (Lipinski definition) is 1. The predicted octanol–water partition coefficient (Wildman–Crippen LogP) is 4.13. The van der Waals surface area contributed by atoms with Crippen molar-refractivity contribution in [3.8, 4) is 0 Å². The van der Waals surface area contributed by atoms with Crippen LogP contribution in [-0.2, 0) is 0 Å². The smallest absolute Gasteiger partial charge is 0.133 e. The van der Waals surface area contributed by atoms with Crippen molar-refractivity contribution < 1.29 is 5.11 Å². The molecule has 0 spiro atoms. The van der Waals surface area contributed by atoms with E-state index in [9.17, 15) is 5.11 Å². The highest BCUT2D eigenvalue weighted by molar-refractivity contribution is 6.49. The Bertz CT molecular complexity index is 301. The van der Waals surface area contributed by atoms with Gasteiger partial charge in [0.1, 0.15) is 10.6 Å². The maximum absolute atomic E-state index is 9.36. The van der Waals surface area contributed by atoms with Gasteiger partial charge in [0.05, 0.1) is 14.9 Å². The van der Waals surface area contributed by atoms with E-state index < -0.39 is 9.75 Å². The molecule has 0 aliphatic heterocycles. The van der Waals surface area contributed by atoms with Crippen molar-refractivity contribution in [3.63, 3.8) is 0 Å². The van der Waals surface area contributed by atoms with Crippen LogP contribution in [-0.4, -0.2) is 14.9 Å². The van der Waals surface area contributed by atoms with E-state index in [0.29, 0.717) is 0 Å². The molecule has 1 rings (SSSR count).